The third-order valence-electron chi connectivity index (χ3n) is 2.01. The molecule has 0 aliphatic carbocycles. The van der Waals surface area contributed by atoms with Crippen LogP contribution in [0.1, 0.15) is 18.6 Å². The van der Waals surface area contributed by atoms with E-state index in [2.05, 4.69) is 15.3 Å². The summed E-state index contributed by atoms with van der Waals surface area (Å²) in [5, 5.41) is 13.9. The fraction of sp³-hybridized carbons (Fsp3) is 0.333. The number of oxazole rings is 1. The monoisotopic (exact) mass is 254 g/mol. The SMILES string of the molecule is CCc1cnc(CNc2ncc([N+](=O)[O-])s2)o1. The van der Waals surface area contributed by atoms with Gasteiger partial charge < -0.3 is 9.73 Å². The fourth-order valence-electron chi connectivity index (χ4n) is 1.18. The van der Waals surface area contributed by atoms with E-state index in [1.807, 2.05) is 6.92 Å². The van der Waals surface area contributed by atoms with E-state index in [0.717, 1.165) is 23.5 Å². The normalized spacial score (nSPS) is 10.4. The number of aromatic nitrogens is 2. The Labute approximate surface area is 101 Å². The maximum absolute atomic E-state index is 10.4. The van der Waals surface area contributed by atoms with Crippen LogP contribution in [-0.4, -0.2) is 14.9 Å². The molecule has 90 valence electrons. The Morgan fingerprint density at radius 2 is 2.35 bits per heavy atom. The third kappa shape index (κ3) is 2.78. The number of nitrogens with zero attached hydrogens (tertiary/aromatic N) is 3. The van der Waals surface area contributed by atoms with Crippen molar-refractivity contribution >= 4 is 21.5 Å². The van der Waals surface area contributed by atoms with E-state index in [-0.39, 0.29) is 5.00 Å². The molecule has 0 aromatic carbocycles. The summed E-state index contributed by atoms with van der Waals surface area (Å²) in [6, 6.07) is 0. The van der Waals surface area contributed by atoms with Gasteiger partial charge in [-0.15, -0.1) is 0 Å². The molecule has 0 atom stereocenters. The van der Waals surface area contributed by atoms with Crippen LogP contribution in [0.4, 0.5) is 10.1 Å². The number of nitrogens with one attached hydrogen (secondary N) is 1. The van der Waals surface area contributed by atoms with Crippen molar-refractivity contribution in [1.29, 1.82) is 0 Å². The number of hydrogen-bond donors (Lipinski definition) is 1. The molecule has 0 fully saturated rings. The number of hydrogen-bond acceptors (Lipinski definition) is 7. The summed E-state index contributed by atoms with van der Waals surface area (Å²) in [4.78, 5) is 17.9. The minimum absolute atomic E-state index is 0.00847. The van der Waals surface area contributed by atoms with Crippen LogP contribution in [0.15, 0.2) is 16.8 Å². The summed E-state index contributed by atoms with van der Waals surface area (Å²) in [7, 11) is 0. The summed E-state index contributed by atoms with van der Waals surface area (Å²) in [5.41, 5.74) is 0. The Kier molecular flexibility index (Phi) is 3.33. The smallest absolute Gasteiger partial charge is 0.345 e. The Morgan fingerprint density at radius 3 is 2.94 bits per heavy atom. The van der Waals surface area contributed by atoms with Crippen molar-refractivity contribution in [3.05, 3.63) is 34.2 Å². The van der Waals surface area contributed by atoms with Crippen LogP contribution in [-0.2, 0) is 13.0 Å². The average molecular weight is 254 g/mol. The van der Waals surface area contributed by atoms with Gasteiger partial charge in [0.15, 0.2) is 5.13 Å². The van der Waals surface area contributed by atoms with Gasteiger partial charge in [0.1, 0.15) is 12.0 Å². The van der Waals surface area contributed by atoms with Crippen molar-refractivity contribution in [1.82, 2.24) is 9.97 Å². The van der Waals surface area contributed by atoms with Crippen LogP contribution < -0.4 is 5.32 Å². The van der Waals surface area contributed by atoms with Crippen LogP contribution >= 0.6 is 11.3 Å². The number of rotatable bonds is 5. The predicted octanol–water partition coefficient (Wildman–Crippen LogP) is 2.21. The molecule has 0 aliphatic rings. The highest BCUT2D eigenvalue weighted by atomic mass is 32.1. The number of nitro groups is 1. The molecule has 8 heteroatoms. The van der Waals surface area contributed by atoms with E-state index in [4.69, 9.17) is 4.42 Å². The highest BCUT2D eigenvalue weighted by molar-refractivity contribution is 7.18. The average Bonchev–Trinajstić information content (AvgIpc) is 2.95. The van der Waals surface area contributed by atoms with E-state index in [9.17, 15) is 10.1 Å². The van der Waals surface area contributed by atoms with Gasteiger partial charge in [-0.25, -0.2) is 9.97 Å². The molecule has 2 rings (SSSR count). The summed E-state index contributed by atoms with van der Waals surface area (Å²) in [6.45, 7) is 2.34. The molecule has 0 saturated heterocycles. The highest BCUT2D eigenvalue weighted by Gasteiger charge is 2.11. The van der Waals surface area contributed by atoms with E-state index < -0.39 is 4.92 Å². The minimum Gasteiger partial charge on any atom is -0.444 e. The largest absolute Gasteiger partial charge is 0.444 e. The molecule has 0 saturated carbocycles. The van der Waals surface area contributed by atoms with Crippen molar-refractivity contribution < 1.29 is 9.34 Å². The quantitative estimate of drug-likeness (QED) is 0.649. The first-order valence-corrected chi connectivity index (χ1v) is 5.78. The van der Waals surface area contributed by atoms with E-state index >= 15 is 0 Å². The summed E-state index contributed by atoms with van der Waals surface area (Å²) in [5.74, 6) is 1.35. The molecular weight excluding hydrogens is 244 g/mol. The Hall–Kier alpha value is -1.96. The van der Waals surface area contributed by atoms with Gasteiger partial charge >= 0.3 is 5.00 Å². The lowest BCUT2D eigenvalue weighted by molar-refractivity contribution is -0.380. The van der Waals surface area contributed by atoms with Gasteiger partial charge in [0.25, 0.3) is 0 Å². The van der Waals surface area contributed by atoms with Crippen LogP contribution in [0, 0.1) is 10.1 Å². The lowest BCUT2D eigenvalue weighted by Gasteiger charge is -1.96. The van der Waals surface area contributed by atoms with Crippen LogP contribution in [0.5, 0.6) is 0 Å². The summed E-state index contributed by atoms with van der Waals surface area (Å²) >= 11 is 0.982. The van der Waals surface area contributed by atoms with Crippen molar-refractivity contribution in [3.8, 4) is 0 Å². The molecule has 1 N–H and O–H groups in total. The minimum atomic E-state index is -0.469. The first-order valence-electron chi connectivity index (χ1n) is 4.96. The van der Waals surface area contributed by atoms with Crippen molar-refractivity contribution in [2.75, 3.05) is 5.32 Å². The van der Waals surface area contributed by atoms with Gasteiger partial charge in [-0.3, -0.25) is 10.1 Å². The molecule has 0 amide bonds. The first kappa shape index (κ1) is 11.5. The Balaban J connectivity index is 1.94. The first-order chi connectivity index (χ1) is 8.19. The second kappa shape index (κ2) is 4.91. The van der Waals surface area contributed by atoms with Gasteiger partial charge in [-0.05, 0) is 11.3 Å². The highest BCUT2D eigenvalue weighted by Crippen LogP contribution is 2.25. The topological polar surface area (TPSA) is 94.1 Å². The molecule has 0 radical (unpaired) electrons. The van der Waals surface area contributed by atoms with Crippen molar-refractivity contribution in [3.63, 3.8) is 0 Å². The van der Waals surface area contributed by atoms with Crippen LogP contribution in [0.2, 0.25) is 0 Å². The number of anilines is 1. The summed E-state index contributed by atoms with van der Waals surface area (Å²) < 4.78 is 5.38. The van der Waals surface area contributed by atoms with Gasteiger partial charge in [0.2, 0.25) is 5.89 Å². The second-order valence-corrected chi connectivity index (χ2v) is 4.20. The van der Waals surface area contributed by atoms with Crippen molar-refractivity contribution in [2.45, 2.75) is 19.9 Å². The predicted molar refractivity (Wildman–Crippen MR) is 62.0 cm³/mol. The van der Waals surface area contributed by atoms with E-state index in [1.165, 1.54) is 6.20 Å². The molecule has 0 spiro atoms. The zero-order valence-corrected chi connectivity index (χ0v) is 9.86. The molecule has 7 nitrogen and oxygen atoms in total. The molecule has 2 heterocycles. The zero-order valence-electron chi connectivity index (χ0n) is 9.04. The van der Waals surface area contributed by atoms with Crippen LogP contribution in [0.25, 0.3) is 0 Å². The molecule has 0 aliphatic heterocycles. The lowest BCUT2D eigenvalue weighted by atomic mass is 10.4. The lowest BCUT2D eigenvalue weighted by Crippen LogP contribution is -1.98. The molecule has 2 aromatic rings. The molecule has 17 heavy (non-hydrogen) atoms. The van der Waals surface area contributed by atoms with E-state index in [1.54, 1.807) is 6.20 Å². The van der Waals surface area contributed by atoms with Crippen LogP contribution in [0.3, 0.4) is 0 Å². The molecule has 2 aromatic heterocycles. The number of aryl methyl sites for hydroxylation is 1. The molecule has 0 bridgehead atoms. The maximum atomic E-state index is 10.4. The zero-order chi connectivity index (χ0) is 12.3. The Bertz CT molecular complexity index is 522. The standard InChI is InChI=1S/C9H10N4O3S/c1-2-6-3-10-7(16-6)4-11-9-12-5-8(17-9)13(14)15/h3,5H,2,4H2,1H3,(H,11,12). The fourth-order valence-corrected chi connectivity index (χ4v) is 1.80. The Morgan fingerprint density at radius 1 is 1.53 bits per heavy atom. The summed E-state index contributed by atoms with van der Waals surface area (Å²) in [6.07, 6.45) is 3.68. The van der Waals surface area contributed by atoms with Gasteiger partial charge in [-0.2, -0.15) is 0 Å². The van der Waals surface area contributed by atoms with Gasteiger partial charge in [0.05, 0.1) is 17.7 Å². The maximum Gasteiger partial charge on any atom is 0.345 e. The van der Waals surface area contributed by atoms with E-state index in [0.29, 0.717) is 17.6 Å². The van der Waals surface area contributed by atoms with Gasteiger partial charge in [0, 0.05) is 6.42 Å². The molecular formula is C9H10N4O3S. The van der Waals surface area contributed by atoms with Crippen molar-refractivity contribution in [2.24, 2.45) is 0 Å². The second-order valence-electron chi connectivity index (χ2n) is 3.19. The number of thiazole rings is 1. The molecule has 0 unspecified atom stereocenters. The van der Waals surface area contributed by atoms with Gasteiger partial charge in [-0.1, -0.05) is 6.92 Å². The third-order valence-corrected chi connectivity index (χ3v) is 2.92.